The maximum absolute atomic E-state index is 12.6. The highest BCUT2D eigenvalue weighted by atomic mass is 16.5. The highest BCUT2D eigenvalue weighted by molar-refractivity contribution is 6.00. The SMILES string of the molecule is CCN(CC)C(=O)c1ccccc1-c1ccc(OC)cc1. The third-order valence-corrected chi connectivity index (χ3v) is 3.61. The highest BCUT2D eigenvalue weighted by Crippen LogP contribution is 2.26. The first-order valence-corrected chi connectivity index (χ1v) is 7.24. The summed E-state index contributed by atoms with van der Waals surface area (Å²) >= 11 is 0. The lowest BCUT2D eigenvalue weighted by Crippen LogP contribution is -2.30. The van der Waals surface area contributed by atoms with Crippen molar-refractivity contribution in [3.63, 3.8) is 0 Å². The molecule has 0 saturated heterocycles. The van der Waals surface area contributed by atoms with Gasteiger partial charge < -0.3 is 9.64 Å². The fourth-order valence-corrected chi connectivity index (χ4v) is 2.37. The van der Waals surface area contributed by atoms with E-state index in [9.17, 15) is 4.79 Å². The number of hydrogen-bond acceptors (Lipinski definition) is 2. The monoisotopic (exact) mass is 283 g/mol. The van der Waals surface area contributed by atoms with Crippen LogP contribution in [0.1, 0.15) is 24.2 Å². The van der Waals surface area contributed by atoms with Crippen LogP contribution in [0.5, 0.6) is 5.75 Å². The topological polar surface area (TPSA) is 29.5 Å². The fraction of sp³-hybridized carbons (Fsp3) is 0.278. The van der Waals surface area contributed by atoms with Crippen LogP contribution in [0.3, 0.4) is 0 Å². The number of hydrogen-bond donors (Lipinski definition) is 0. The van der Waals surface area contributed by atoms with Crippen molar-refractivity contribution in [3.05, 3.63) is 54.1 Å². The summed E-state index contributed by atoms with van der Waals surface area (Å²) in [5.41, 5.74) is 2.72. The molecule has 2 aromatic carbocycles. The van der Waals surface area contributed by atoms with Gasteiger partial charge in [0.1, 0.15) is 5.75 Å². The summed E-state index contributed by atoms with van der Waals surface area (Å²) in [6, 6.07) is 15.5. The van der Waals surface area contributed by atoms with E-state index in [0.717, 1.165) is 22.4 Å². The van der Waals surface area contributed by atoms with Gasteiger partial charge in [0.15, 0.2) is 0 Å². The van der Waals surface area contributed by atoms with Gasteiger partial charge in [0.25, 0.3) is 5.91 Å². The number of ether oxygens (including phenoxy) is 1. The molecule has 0 radical (unpaired) electrons. The van der Waals surface area contributed by atoms with E-state index < -0.39 is 0 Å². The molecule has 0 bridgehead atoms. The Hall–Kier alpha value is -2.29. The van der Waals surface area contributed by atoms with Crippen LogP contribution in [0.2, 0.25) is 0 Å². The van der Waals surface area contributed by atoms with E-state index >= 15 is 0 Å². The molecule has 0 spiro atoms. The van der Waals surface area contributed by atoms with Gasteiger partial charge in [-0.15, -0.1) is 0 Å². The number of carbonyl (C=O) groups excluding carboxylic acids is 1. The molecule has 110 valence electrons. The summed E-state index contributed by atoms with van der Waals surface area (Å²) in [7, 11) is 1.65. The molecule has 3 heteroatoms. The molecule has 2 aromatic rings. The van der Waals surface area contributed by atoms with E-state index in [1.54, 1.807) is 7.11 Å². The summed E-state index contributed by atoms with van der Waals surface area (Å²) in [4.78, 5) is 14.5. The Morgan fingerprint density at radius 3 is 2.19 bits per heavy atom. The number of benzene rings is 2. The van der Waals surface area contributed by atoms with Gasteiger partial charge in [-0.05, 0) is 43.2 Å². The van der Waals surface area contributed by atoms with Gasteiger partial charge in [-0.3, -0.25) is 4.79 Å². The van der Waals surface area contributed by atoms with Crippen LogP contribution in [-0.4, -0.2) is 31.0 Å². The van der Waals surface area contributed by atoms with Crippen molar-refractivity contribution in [1.29, 1.82) is 0 Å². The standard InChI is InChI=1S/C18H21NO2/c1-4-19(5-2)18(20)17-9-7-6-8-16(17)14-10-12-15(21-3)13-11-14/h6-13H,4-5H2,1-3H3. The third-order valence-electron chi connectivity index (χ3n) is 3.61. The Kier molecular flexibility index (Phi) is 4.99. The second-order valence-electron chi connectivity index (χ2n) is 4.75. The molecule has 2 rings (SSSR count). The van der Waals surface area contributed by atoms with Crippen LogP contribution in [0, 0.1) is 0 Å². The number of rotatable bonds is 5. The van der Waals surface area contributed by atoms with E-state index in [2.05, 4.69) is 0 Å². The van der Waals surface area contributed by atoms with Crippen LogP contribution >= 0.6 is 0 Å². The molecular formula is C18H21NO2. The van der Waals surface area contributed by atoms with Gasteiger partial charge >= 0.3 is 0 Å². The number of nitrogens with zero attached hydrogens (tertiary/aromatic N) is 1. The summed E-state index contributed by atoms with van der Waals surface area (Å²) in [6.45, 7) is 5.42. The minimum absolute atomic E-state index is 0.0754. The molecule has 0 fully saturated rings. The Morgan fingerprint density at radius 1 is 1.00 bits per heavy atom. The summed E-state index contributed by atoms with van der Waals surface area (Å²) in [5, 5.41) is 0. The van der Waals surface area contributed by atoms with Crippen molar-refractivity contribution in [2.45, 2.75) is 13.8 Å². The number of carbonyl (C=O) groups is 1. The van der Waals surface area contributed by atoms with Gasteiger partial charge in [-0.2, -0.15) is 0 Å². The zero-order chi connectivity index (χ0) is 15.2. The van der Waals surface area contributed by atoms with Crippen molar-refractivity contribution in [2.24, 2.45) is 0 Å². The van der Waals surface area contributed by atoms with Gasteiger partial charge in [-0.25, -0.2) is 0 Å². The van der Waals surface area contributed by atoms with Gasteiger partial charge in [0, 0.05) is 18.7 Å². The van der Waals surface area contributed by atoms with E-state index in [1.807, 2.05) is 67.3 Å². The van der Waals surface area contributed by atoms with Gasteiger partial charge in [0.2, 0.25) is 0 Å². The zero-order valence-electron chi connectivity index (χ0n) is 12.8. The molecule has 0 heterocycles. The molecule has 0 atom stereocenters. The second kappa shape index (κ2) is 6.93. The van der Waals surface area contributed by atoms with Crippen molar-refractivity contribution in [2.75, 3.05) is 20.2 Å². The molecule has 0 aromatic heterocycles. The van der Waals surface area contributed by atoms with E-state index in [1.165, 1.54) is 0 Å². The smallest absolute Gasteiger partial charge is 0.254 e. The highest BCUT2D eigenvalue weighted by Gasteiger charge is 2.16. The molecule has 3 nitrogen and oxygen atoms in total. The maximum atomic E-state index is 12.6. The molecule has 0 aliphatic carbocycles. The van der Waals surface area contributed by atoms with E-state index in [4.69, 9.17) is 4.74 Å². The van der Waals surface area contributed by atoms with Crippen molar-refractivity contribution >= 4 is 5.91 Å². The second-order valence-corrected chi connectivity index (χ2v) is 4.75. The Morgan fingerprint density at radius 2 is 1.62 bits per heavy atom. The fourth-order valence-electron chi connectivity index (χ4n) is 2.37. The normalized spacial score (nSPS) is 10.2. The predicted molar refractivity (Wildman–Crippen MR) is 85.7 cm³/mol. The van der Waals surface area contributed by atoms with Crippen LogP contribution < -0.4 is 4.74 Å². The van der Waals surface area contributed by atoms with Crippen molar-refractivity contribution in [3.8, 4) is 16.9 Å². The maximum Gasteiger partial charge on any atom is 0.254 e. The van der Waals surface area contributed by atoms with Crippen LogP contribution in [0.15, 0.2) is 48.5 Å². The summed E-state index contributed by atoms with van der Waals surface area (Å²) in [5.74, 6) is 0.887. The molecule has 21 heavy (non-hydrogen) atoms. The minimum atomic E-state index is 0.0754. The largest absolute Gasteiger partial charge is 0.497 e. The average Bonchev–Trinajstić information content (AvgIpc) is 2.56. The number of methoxy groups -OCH3 is 1. The van der Waals surface area contributed by atoms with E-state index in [-0.39, 0.29) is 5.91 Å². The van der Waals surface area contributed by atoms with E-state index in [0.29, 0.717) is 13.1 Å². The summed E-state index contributed by atoms with van der Waals surface area (Å²) in [6.07, 6.45) is 0. The lowest BCUT2D eigenvalue weighted by Gasteiger charge is -2.20. The van der Waals surface area contributed by atoms with Crippen LogP contribution in [-0.2, 0) is 0 Å². The molecule has 0 aliphatic rings. The first-order chi connectivity index (χ1) is 10.2. The Balaban J connectivity index is 2.42. The number of amides is 1. The molecule has 0 N–H and O–H groups in total. The van der Waals surface area contributed by atoms with Crippen molar-refractivity contribution < 1.29 is 9.53 Å². The minimum Gasteiger partial charge on any atom is -0.497 e. The third kappa shape index (κ3) is 3.24. The van der Waals surface area contributed by atoms with Crippen LogP contribution in [0.4, 0.5) is 0 Å². The average molecular weight is 283 g/mol. The van der Waals surface area contributed by atoms with Crippen molar-refractivity contribution in [1.82, 2.24) is 4.90 Å². The van der Waals surface area contributed by atoms with Crippen LogP contribution in [0.25, 0.3) is 11.1 Å². The van der Waals surface area contributed by atoms with Gasteiger partial charge in [0.05, 0.1) is 7.11 Å². The molecular weight excluding hydrogens is 262 g/mol. The zero-order valence-corrected chi connectivity index (χ0v) is 12.8. The molecule has 1 amide bonds. The summed E-state index contributed by atoms with van der Waals surface area (Å²) < 4.78 is 5.18. The quantitative estimate of drug-likeness (QED) is 0.834. The molecule has 0 saturated carbocycles. The lowest BCUT2D eigenvalue weighted by atomic mass is 9.98. The molecule has 0 unspecified atom stereocenters. The predicted octanol–water partition coefficient (Wildman–Crippen LogP) is 3.84. The first kappa shape index (κ1) is 15.1. The Bertz CT molecular complexity index is 601. The lowest BCUT2D eigenvalue weighted by molar-refractivity contribution is 0.0774. The van der Waals surface area contributed by atoms with Gasteiger partial charge in [-0.1, -0.05) is 30.3 Å². The first-order valence-electron chi connectivity index (χ1n) is 7.24. The molecule has 0 aliphatic heterocycles. The Labute approximate surface area is 126 Å².